The summed E-state index contributed by atoms with van der Waals surface area (Å²) in [7, 11) is 0. The lowest BCUT2D eigenvalue weighted by Gasteiger charge is -2.26. The van der Waals surface area contributed by atoms with Gasteiger partial charge in [0, 0.05) is 17.7 Å². The van der Waals surface area contributed by atoms with Crippen LogP contribution in [-0.2, 0) is 11.2 Å². The first-order chi connectivity index (χ1) is 10.7. The molecule has 0 unspecified atom stereocenters. The van der Waals surface area contributed by atoms with Gasteiger partial charge in [-0.25, -0.2) is 0 Å². The van der Waals surface area contributed by atoms with Crippen LogP contribution in [-0.4, -0.2) is 22.1 Å². The van der Waals surface area contributed by atoms with Crippen LogP contribution in [0.4, 0.5) is 5.69 Å². The number of rotatable bonds is 4. The number of aryl methyl sites for hydroxylation is 2. The molecule has 0 radical (unpaired) electrons. The van der Waals surface area contributed by atoms with Crippen molar-refractivity contribution in [3.05, 3.63) is 29.6 Å². The van der Waals surface area contributed by atoms with Crippen molar-refractivity contribution in [3.63, 3.8) is 0 Å². The highest BCUT2D eigenvalue weighted by molar-refractivity contribution is 5.96. The molecule has 2 rings (SSSR count). The monoisotopic (exact) mass is 316 g/mol. The lowest BCUT2D eigenvalue weighted by atomic mass is 9.87. The van der Waals surface area contributed by atoms with E-state index in [0.717, 1.165) is 11.1 Å². The van der Waals surface area contributed by atoms with Crippen LogP contribution < -0.4 is 11.1 Å². The van der Waals surface area contributed by atoms with E-state index in [0.29, 0.717) is 23.8 Å². The summed E-state index contributed by atoms with van der Waals surface area (Å²) in [6.45, 7) is 9.69. The van der Waals surface area contributed by atoms with Gasteiger partial charge in [-0.15, -0.1) is 0 Å². The van der Waals surface area contributed by atoms with Gasteiger partial charge < -0.3 is 15.6 Å². The summed E-state index contributed by atoms with van der Waals surface area (Å²) in [5.74, 6) is 0.885. The molecule has 3 N–H and O–H groups in total. The number of aromatic nitrogens is 2. The van der Waals surface area contributed by atoms with E-state index in [1.54, 1.807) is 0 Å². The molecule has 1 atom stereocenters. The van der Waals surface area contributed by atoms with Crippen molar-refractivity contribution in [2.24, 2.45) is 11.1 Å². The van der Waals surface area contributed by atoms with Crippen LogP contribution in [0.3, 0.4) is 0 Å². The minimum Gasteiger partial charge on any atom is -0.334 e. The minimum atomic E-state index is -0.597. The largest absolute Gasteiger partial charge is 0.334 e. The van der Waals surface area contributed by atoms with Gasteiger partial charge in [0.15, 0.2) is 5.82 Å². The Bertz CT molecular complexity index is 701. The van der Waals surface area contributed by atoms with Crippen molar-refractivity contribution in [2.45, 2.75) is 47.1 Å². The number of hydrogen-bond acceptors (Lipinski definition) is 5. The maximum atomic E-state index is 12.3. The first-order valence-electron chi connectivity index (χ1n) is 7.72. The van der Waals surface area contributed by atoms with Crippen molar-refractivity contribution in [1.29, 1.82) is 0 Å². The molecule has 1 aromatic carbocycles. The molecule has 1 amide bonds. The summed E-state index contributed by atoms with van der Waals surface area (Å²) in [6.07, 6.45) is 0.708. The highest BCUT2D eigenvalue weighted by atomic mass is 16.5. The van der Waals surface area contributed by atoms with Crippen LogP contribution in [0, 0.1) is 12.3 Å². The number of nitrogens with one attached hydrogen (secondary N) is 1. The fourth-order valence-electron chi connectivity index (χ4n) is 2.01. The molecule has 0 aliphatic carbocycles. The smallest absolute Gasteiger partial charge is 0.257 e. The first kappa shape index (κ1) is 17.1. The lowest BCUT2D eigenvalue weighted by molar-refractivity contribution is -0.119. The second-order valence-electron chi connectivity index (χ2n) is 6.73. The van der Waals surface area contributed by atoms with E-state index in [1.165, 1.54) is 0 Å². The predicted octanol–water partition coefficient (Wildman–Crippen LogP) is 2.92. The van der Waals surface area contributed by atoms with Gasteiger partial charge in [0.05, 0.1) is 6.04 Å². The van der Waals surface area contributed by atoms with Crippen molar-refractivity contribution in [3.8, 4) is 11.5 Å². The van der Waals surface area contributed by atoms with Crippen LogP contribution in [0.25, 0.3) is 11.5 Å². The molecule has 0 aliphatic rings. The van der Waals surface area contributed by atoms with Gasteiger partial charge in [-0.3, -0.25) is 4.79 Å². The third-order valence-corrected chi connectivity index (χ3v) is 3.74. The summed E-state index contributed by atoms with van der Waals surface area (Å²) in [6, 6.07) is 5.03. The molecular weight excluding hydrogens is 292 g/mol. The first-order valence-corrected chi connectivity index (χ1v) is 7.72. The second kappa shape index (κ2) is 6.50. The zero-order valence-electron chi connectivity index (χ0n) is 14.3. The molecule has 0 saturated heterocycles. The Balaban J connectivity index is 2.26. The van der Waals surface area contributed by atoms with Crippen LogP contribution >= 0.6 is 0 Å². The quantitative estimate of drug-likeness (QED) is 0.904. The molecule has 2 aromatic rings. The molecule has 0 saturated carbocycles. The molecule has 0 aliphatic heterocycles. The molecule has 6 nitrogen and oxygen atoms in total. The van der Waals surface area contributed by atoms with Crippen LogP contribution in [0.5, 0.6) is 0 Å². The Kier molecular flexibility index (Phi) is 4.85. The van der Waals surface area contributed by atoms with Crippen LogP contribution in [0.2, 0.25) is 0 Å². The summed E-state index contributed by atoms with van der Waals surface area (Å²) < 4.78 is 5.24. The summed E-state index contributed by atoms with van der Waals surface area (Å²) in [5.41, 5.74) is 8.11. The Morgan fingerprint density at radius 1 is 1.39 bits per heavy atom. The number of carbonyl (C=O) groups excluding carboxylic acids is 1. The third-order valence-electron chi connectivity index (χ3n) is 3.74. The van der Waals surface area contributed by atoms with Crippen LogP contribution in [0.15, 0.2) is 22.7 Å². The second-order valence-corrected chi connectivity index (χ2v) is 6.73. The van der Waals surface area contributed by atoms with E-state index in [4.69, 9.17) is 10.3 Å². The summed E-state index contributed by atoms with van der Waals surface area (Å²) in [4.78, 5) is 16.6. The minimum absolute atomic E-state index is 0.211. The SMILES string of the molecule is CCc1noc(-c2ccc(C)c(NC(=O)[C@@H](N)C(C)(C)C)c2)n1. The Morgan fingerprint density at radius 2 is 2.09 bits per heavy atom. The van der Waals surface area contributed by atoms with Crippen molar-refractivity contribution in [2.75, 3.05) is 5.32 Å². The Morgan fingerprint density at radius 3 is 2.65 bits per heavy atom. The number of nitrogens with two attached hydrogens (primary N) is 1. The standard InChI is InChI=1S/C17H24N4O2/c1-6-13-20-16(23-21-13)11-8-7-10(2)12(9-11)19-15(22)14(18)17(3,4)5/h7-9,14H,6,18H2,1-5H3,(H,19,22)/t14-/m1/s1. The molecule has 6 heteroatoms. The maximum absolute atomic E-state index is 12.3. The highest BCUT2D eigenvalue weighted by Crippen LogP contribution is 2.25. The molecule has 23 heavy (non-hydrogen) atoms. The van der Waals surface area contributed by atoms with Gasteiger partial charge in [0.2, 0.25) is 5.91 Å². The van der Waals surface area contributed by atoms with E-state index in [2.05, 4.69) is 15.5 Å². The van der Waals surface area contributed by atoms with E-state index < -0.39 is 6.04 Å². The number of anilines is 1. The average Bonchev–Trinajstić information content (AvgIpc) is 2.96. The summed E-state index contributed by atoms with van der Waals surface area (Å²) in [5, 5.41) is 6.78. The van der Waals surface area contributed by atoms with Gasteiger partial charge in [-0.05, 0) is 30.0 Å². The van der Waals surface area contributed by atoms with Crippen molar-refractivity contribution >= 4 is 11.6 Å². The van der Waals surface area contributed by atoms with Gasteiger partial charge >= 0.3 is 0 Å². The summed E-state index contributed by atoms with van der Waals surface area (Å²) >= 11 is 0. The number of amides is 1. The molecule has 0 spiro atoms. The zero-order chi connectivity index (χ0) is 17.2. The Labute approximate surface area is 136 Å². The average molecular weight is 316 g/mol. The topological polar surface area (TPSA) is 94.0 Å². The molecule has 1 heterocycles. The number of nitrogens with zero attached hydrogens (tertiary/aromatic N) is 2. The molecule has 0 fully saturated rings. The van der Waals surface area contributed by atoms with Gasteiger partial charge in [-0.2, -0.15) is 4.98 Å². The number of benzene rings is 1. The molecule has 124 valence electrons. The zero-order valence-corrected chi connectivity index (χ0v) is 14.3. The van der Waals surface area contributed by atoms with Crippen molar-refractivity contribution in [1.82, 2.24) is 10.1 Å². The normalized spacial score (nSPS) is 13.0. The number of carbonyl (C=O) groups is 1. The fraction of sp³-hybridized carbons (Fsp3) is 0.471. The van der Waals surface area contributed by atoms with Crippen LogP contribution in [0.1, 0.15) is 39.1 Å². The van der Waals surface area contributed by atoms with E-state index in [-0.39, 0.29) is 11.3 Å². The molecular formula is C17H24N4O2. The predicted molar refractivity (Wildman–Crippen MR) is 89.9 cm³/mol. The molecule has 0 bridgehead atoms. The lowest BCUT2D eigenvalue weighted by Crippen LogP contribution is -2.45. The Hall–Kier alpha value is -2.21. The highest BCUT2D eigenvalue weighted by Gasteiger charge is 2.27. The van der Waals surface area contributed by atoms with E-state index in [9.17, 15) is 4.79 Å². The fourth-order valence-corrected chi connectivity index (χ4v) is 2.01. The van der Waals surface area contributed by atoms with Gasteiger partial charge in [-0.1, -0.05) is 38.9 Å². The van der Waals surface area contributed by atoms with Gasteiger partial charge in [0.1, 0.15) is 0 Å². The third kappa shape index (κ3) is 3.96. The van der Waals surface area contributed by atoms with Crippen molar-refractivity contribution < 1.29 is 9.32 Å². The number of hydrogen-bond donors (Lipinski definition) is 2. The maximum Gasteiger partial charge on any atom is 0.257 e. The van der Waals surface area contributed by atoms with E-state index >= 15 is 0 Å². The van der Waals surface area contributed by atoms with E-state index in [1.807, 2.05) is 52.8 Å². The van der Waals surface area contributed by atoms with Gasteiger partial charge in [0.25, 0.3) is 5.89 Å². The molecule has 1 aromatic heterocycles.